The smallest absolute Gasteiger partial charge is 0.222 e. The average molecular weight is 354 g/mol. The van der Waals surface area contributed by atoms with E-state index in [0.717, 1.165) is 36.3 Å². The van der Waals surface area contributed by atoms with Crippen LogP contribution < -0.4 is 0 Å². The summed E-state index contributed by atoms with van der Waals surface area (Å²) in [4.78, 5) is 31.3. The second-order valence-electron chi connectivity index (χ2n) is 7.03. The van der Waals surface area contributed by atoms with Gasteiger partial charge in [0.15, 0.2) is 5.78 Å². The van der Waals surface area contributed by atoms with Crippen molar-refractivity contribution < 1.29 is 9.59 Å². The van der Waals surface area contributed by atoms with Gasteiger partial charge in [-0.2, -0.15) is 5.10 Å². The summed E-state index contributed by atoms with van der Waals surface area (Å²) in [6, 6.07) is 5.37. The molecule has 1 amide bonds. The molecule has 138 valence electrons. The number of Topliss-reactive ketones (excluding diaryl/α,β-unsaturated/α-hetero) is 1. The van der Waals surface area contributed by atoms with E-state index in [1.54, 1.807) is 18.3 Å². The fraction of sp³-hybridized carbons (Fsp3) is 0.500. The molecule has 0 N–H and O–H groups in total. The van der Waals surface area contributed by atoms with Gasteiger partial charge in [-0.25, -0.2) is 0 Å². The molecule has 0 spiro atoms. The number of rotatable bonds is 5. The van der Waals surface area contributed by atoms with Gasteiger partial charge in [0.2, 0.25) is 5.91 Å². The van der Waals surface area contributed by atoms with Crippen molar-refractivity contribution >= 4 is 11.7 Å². The van der Waals surface area contributed by atoms with Crippen molar-refractivity contribution in [3.05, 3.63) is 47.0 Å². The first-order valence-corrected chi connectivity index (χ1v) is 9.19. The molecule has 1 aliphatic rings. The lowest BCUT2D eigenvalue weighted by atomic mass is 9.91. The van der Waals surface area contributed by atoms with E-state index in [-0.39, 0.29) is 17.6 Å². The highest BCUT2D eigenvalue weighted by Crippen LogP contribution is 2.22. The topological polar surface area (TPSA) is 68.1 Å². The maximum absolute atomic E-state index is 12.7. The van der Waals surface area contributed by atoms with Crippen molar-refractivity contribution in [3.8, 4) is 0 Å². The molecule has 3 rings (SSSR count). The summed E-state index contributed by atoms with van der Waals surface area (Å²) in [5.41, 5.74) is 3.74. The van der Waals surface area contributed by atoms with E-state index in [4.69, 9.17) is 0 Å². The molecule has 1 aliphatic heterocycles. The van der Waals surface area contributed by atoms with E-state index in [2.05, 4.69) is 10.1 Å². The third-order valence-electron chi connectivity index (χ3n) is 5.31. The van der Waals surface area contributed by atoms with Crippen LogP contribution in [0, 0.1) is 19.8 Å². The average Bonchev–Trinajstić information content (AvgIpc) is 2.91. The number of aryl methyl sites for hydroxylation is 2. The number of carbonyl (C=O) groups is 2. The zero-order valence-electron chi connectivity index (χ0n) is 15.7. The van der Waals surface area contributed by atoms with Crippen LogP contribution in [0.3, 0.4) is 0 Å². The van der Waals surface area contributed by atoms with Crippen molar-refractivity contribution in [2.24, 2.45) is 13.0 Å². The van der Waals surface area contributed by atoms with Crippen LogP contribution >= 0.6 is 0 Å². The minimum atomic E-state index is -0.149. The molecule has 1 atom stereocenters. The van der Waals surface area contributed by atoms with E-state index in [0.29, 0.717) is 25.1 Å². The number of aromatic nitrogens is 3. The number of carbonyl (C=O) groups excluding carboxylic acids is 2. The second kappa shape index (κ2) is 7.81. The molecule has 1 saturated heterocycles. The molecular weight excluding hydrogens is 328 g/mol. The van der Waals surface area contributed by atoms with Gasteiger partial charge >= 0.3 is 0 Å². The molecule has 0 aromatic carbocycles. The van der Waals surface area contributed by atoms with Crippen LogP contribution in [0.4, 0.5) is 0 Å². The number of nitrogens with zero attached hydrogens (tertiary/aromatic N) is 4. The summed E-state index contributed by atoms with van der Waals surface area (Å²) in [6.45, 7) is 5.24. The van der Waals surface area contributed by atoms with Crippen LogP contribution in [-0.4, -0.2) is 44.4 Å². The first-order valence-electron chi connectivity index (χ1n) is 9.19. The lowest BCUT2D eigenvalue weighted by molar-refractivity contribution is -0.132. The lowest BCUT2D eigenvalue weighted by Crippen LogP contribution is -2.42. The largest absolute Gasteiger partial charge is 0.342 e. The molecule has 1 unspecified atom stereocenters. The van der Waals surface area contributed by atoms with Crippen molar-refractivity contribution in [3.63, 3.8) is 0 Å². The van der Waals surface area contributed by atoms with Crippen molar-refractivity contribution in [1.82, 2.24) is 19.7 Å². The summed E-state index contributed by atoms with van der Waals surface area (Å²) in [7, 11) is 1.92. The Kier molecular flexibility index (Phi) is 5.49. The van der Waals surface area contributed by atoms with E-state index >= 15 is 0 Å². The van der Waals surface area contributed by atoms with Gasteiger partial charge < -0.3 is 4.90 Å². The number of pyridine rings is 1. The van der Waals surface area contributed by atoms with Crippen LogP contribution in [0.1, 0.15) is 46.7 Å². The number of hydrogen-bond acceptors (Lipinski definition) is 4. The Labute approximate surface area is 154 Å². The van der Waals surface area contributed by atoms with Crippen LogP contribution in [0.15, 0.2) is 24.4 Å². The Morgan fingerprint density at radius 3 is 2.73 bits per heavy atom. The summed E-state index contributed by atoms with van der Waals surface area (Å²) < 4.78 is 1.86. The molecule has 0 bridgehead atoms. The Balaban J connectivity index is 1.60. The van der Waals surface area contributed by atoms with Gasteiger partial charge in [0.05, 0.1) is 5.69 Å². The zero-order chi connectivity index (χ0) is 18.7. The third-order valence-corrected chi connectivity index (χ3v) is 5.31. The predicted molar refractivity (Wildman–Crippen MR) is 98.9 cm³/mol. The summed E-state index contributed by atoms with van der Waals surface area (Å²) >= 11 is 0. The lowest BCUT2D eigenvalue weighted by Gasteiger charge is -2.32. The minimum absolute atomic E-state index is 0.0436. The van der Waals surface area contributed by atoms with E-state index in [1.165, 1.54) is 0 Å². The van der Waals surface area contributed by atoms with E-state index < -0.39 is 0 Å². The van der Waals surface area contributed by atoms with Gasteiger partial charge in [0.1, 0.15) is 5.69 Å². The molecule has 0 aliphatic carbocycles. The summed E-state index contributed by atoms with van der Waals surface area (Å²) in [5, 5.41) is 4.41. The molecule has 2 aromatic heterocycles. The Morgan fingerprint density at radius 1 is 1.27 bits per heavy atom. The fourth-order valence-corrected chi connectivity index (χ4v) is 3.70. The molecule has 26 heavy (non-hydrogen) atoms. The van der Waals surface area contributed by atoms with Crippen molar-refractivity contribution in [2.75, 3.05) is 13.1 Å². The molecule has 6 heteroatoms. The van der Waals surface area contributed by atoms with Gasteiger partial charge in [-0.3, -0.25) is 19.3 Å². The normalized spacial score (nSPS) is 17.3. The predicted octanol–water partition coefficient (Wildman–Crippen LogP) is 2.49. The first-order chi connectivity index (χ1) is 12.5. The van der Waals surface area contributed by atoms with Gasteiger partial charge in [-0.1, -0.05) is 6.07 Å². The van der Waals surface area contributed by atoms with Gasteiger partial charge in [-0.05, 0) is 50.8 Å². The maximum atomic E-state index is 12.7. The second-order valence-corrected chi connectivity index (χ2v) is 7.03. The molecule has 0 saturated carbocycles. The monoisotopic (exact) mass is 354 g/mol. The van der Waals surface area contributed by atoms with E-state index in [9.17, 15) is 9.59 Å². The highest BCUT2D eigenvalue weighted by atomic mass is 16.2. The van der Waals surface area contributed by atoms with Crippen LogP contribution in [0.25, 0.3) is 0 Å². The first kappa shape index (κ1) is 18.3. The number of ketones is 1. The highest BCUT2D eigenvalue weighted by molar-refractivity contribution is 5.96. The zero-order valence-corrected chi connectivity index (χ0v) is 15.7. The SMILES string of the molecule is Cc1nn(C)c(C)c1CCC(=O)N1CCCC(C(=O)c2ccccn2)C1. The van der Waals surface area contributed by atoms with Gasteiger partial charge in [0, 0.05) is 44.4 Å². The number of piperidine rings is 1. The van der Waals surface area contributed by atoms with E-state index in [1.807, 2.05) is 36.5 Å². The molecule has 2 aromatic rings. The molecule has 0 radical (unpaired) electrons. The number of likely N-dealkylation sites (tertiary alicyclic amines) is 1. The van der Waals surface area contributed by atoms with Gasteiger partial charge in [-0.15, -0.1) is 0 Å². The molecular formula is C20H26N4O2. The van der Waals surface area contributed by atoms with Crippen LogP contribution in [0.2, 0.25) is 0 Å². The van der Waals surface area contributed by atoms with Crippen LogP contribution in [0.5, 0.6) is 0 Å². The quantitative estimate of drug-likeness (QED) is 0.774. The Bertz CT molecular complexity index is 798. The van der Waals surface area contributed by atoms with Crippen molar-refractivity contribution in [2.45, 2.75) is 39.5 Å². The minimum Gasteiger partial charge on any atom is -0.342 e. The molecule has 3 heterocycles. The Morgan fingerprint density at radius 2 is 2.08 bits per heavy atom. The highest BCUT2D eigenvalue weighted by Gasteiger charge is 2.29. The van der Waals surface area contributed by atoms with Gasteiger partial charge in [0.25, 0.3) is 0 Å². The van der Waals surface area contributed by atoms with Crippen molar-refractivity contribution in [1.29, 1.82) is 0 Å². The van der Waals surface area contributed by atoms with Crippen LogP contribution in [-0.2, 0) is 18.3 Å². The molecule has 6 nitrogen and oxygen atoms in total. The molecule has 1 fully saturated rings. The fourth-order valence-electron chi connectivity index (χ4n) is 3.70. The summed E-state index contributed by atoms with van der Waals surface area (Å²) in [5.74, 6) is 0.0117. The Hall–Kier alpha value is -2.50. The number of amides is 1. The number of hydrogen-bond donors (Lipinski definition) is 0. The third kappa shape index (κ3) is 3.84. The standard InChI is InChI=1S/C20H26N4O2/c1-14-17(15(2)23(3)22-14)9-10-19(25)24-12-6-7-16(13-24)20(26)18-8-4-5-11-21-18/h4-5,8,11,16H,6-7,9-10,12-13H2,1-3H3. The summed E-state index contributed by atoms with van der Waals surface area (Å²) in [6.07, 6.45) is 4.47. The maximum Gasteiger partial charge on any atom is 0.222 e.